The number of fused-ring (bicyclic) bond motifs is 6. The lowest BCUT2D eigenvalue weighted by atomic mass is 9.76. The summed E-state index contributed by atoms with van der Waals surface area (Å²) in [4.78, 5) is 15.2. The zero-order valence-electron chi connectivity index (χ0n) is 21.6. The Morgan fingerprint density at radius 1 is 0.811 bits per heavy atom. The van der Waals surface area contributed by atoms with Gasteiger partial charge in [-0.1, -0.05) is 44.2 Å². The largest absolute Gasteiger partial charge is 0.456 e. The van der Waals surface area contributed by atoms with Gasteiger partial charge in [-0.05, 0) is 66.4 Å². The molecule has 186 valence electrons. The summed E-state index contributed by atoms with van der Waals surface area (Å²) in [6, 6.07) is 26.2. The molecule has 5 nitrogen and oxygen atoms in total. The molecule has 5 heteroatoms. The molecule has 0 amide bonds. The second-order valence-corrected chi connectivity index (χ2v) is 9.78. The van der Waals surface area contributed by atoms with E-state index in [4.69, 9.17) is 9.47 Å². The molecule has 6 rings (SSSR count). The van der Waals surface area contributed by atoms with Gasteiger partial charge in [-0.25, -0.2) is 4.79 Å². The van der Waals surface area contributed by atoms with Gasteiger partial charge in [-0.3, -0.25) is 0 Å². The minimum atomic E-state index is -1.04. The Kier molecular flexibility index (Phi) is 5.45. The summed E-state index contributed by atoms with van der Waals surface area (Å²) in [7, 11) is 4.05. The molecule has 1 unspecified atom stereocenters. The molecule has 0 saturated carbocycles. The maximum absolute atomic E-state index is 13.1. The van der Waals surface area contributed by atoms with E-state index in [9.17, 15) is 4.79 Å². The summed E-state index contributed by atoms with van der Waals surface area (Å²) in [5.41, 5.74) is 7.55. The average Bonchev–Trinajstić information content (AvgIpc) is 3.21. The fourth-order valence-electron chi connectivity index (χ4n) is 5.64. The second-order valence-electron chi connectivity index (χ2n) is 9.78. The number of rotatable bonds is 5. The lowest BCUT2D eigenvalue weighted by Gasteiger charge is -2.38. The van der Waals surface area contributed by atoms with Gasteiger partial charge in [0.2, 0.25) is 0 Å². The van der Waals surface area contributed by atoms with Crippen molar-refractivity contribution in [3.8, 4) is 11.5 Å². The third kappa shape index (κ3) is 3.49. The first-order valence-corrected chi connectivity index (χ1v) is 12.8. The number of carbonyl (C=O) groups is 1. The number of carbonyl (C=O) groups excluding carboxylic acids is 1. The fourth-order valence-corrected chi connectivity index (χ4v) is 5.64. The molecule has 1 atom stereocenters. The molecule has 0 bridgehead atoms. The van der Waals surface area contributed by atoms with Crippen molar-refractivity contribution in [3.63, 3.8) is 0 Å². The third-order valence-corrected chi connectivity index (χ3v) is 7.49. The van der Waals surface area contributed by atoms with Crippen molar-refractivity contribution in [3.05, 3.63) is 112 Å². The van der Waals surface area contributed by atoms with Crippen molar-refractivity contribution in [2.24, 2.45) is 0 Å². The molecule has 4 aromatic carbocycles. The first-order valence-electron chi connectivity index (χ1n) is 12.8. The normalized spacial score (nSPS) is 16.9. The van der Waals surface area contributed by atoms with Gasteiger partial charge in [0.25, 0.3) is 0 Å². The lowest BCUT2D eigenvalue weighted by Crippen LogP contribution is -2.33. The van der Waals surface area contributed by atoms with Crippen LogP contribution >= 0.6 is 0 Å². The van der Waals surface area contributed by atoms with Crippen LogP contribution in [0.15, 0.2) is 78.9 Å². The fraction of sp³-hybridized carbons (Fsp3) is 0.219. The van der Waals surface area contributed by atoms with E-state index in [-0.39, 0.29) is 5.97 Å². The van der Waals surface area contributed by atoms with Crippen molar-refractivity contribution in [2.45, 2.75) is 32.3 Å². The quantitative estimate of drug-likeness (QED) is 0.300. The first kappa shape index (κ1) is 23.2. The summed E-state index contributed by atoms with van der Waals surface area (Å²) in [5.74, 6) is 1.18. The highest BCUT2D eigenvalue weighted by Crippen LogP contribution is 2.57. The zero-order chi connectivity index (χ0) is 25.7. The standard InChI is InChI=1S/C32H30N2O3/c1-5-20-11-17-28-30(24(20)6-2)36-29-19-22(33-21-12-15-23(16-13-21)34(3)4)14-18-27(29)32(28)26-10-8-7-9-25(26)31(35)37-32/h7-19,33H,5-6H2,1-4H3. The SMILES string of the molecule is CCc1ccc2c(c1CC)Oc1cc(Nc3ccc(N(C)C)cc3)ccc1C21OC(=O)c2ccccc21. The van der Waals surface area contributed by atoms with Crippen molar-refractivity contribution < 1.29 is 14.3 Å². The van der Waals surface area contributed by atoms with Gasteiger partial charge in [0.1, 0.15) is 11.5 Å². The molecule has 1 spiro atoms. The Morgan fingerprint density at radius 2 is 1.54 bits per heavy atom. The van der Waals surface area contributed by atoms with Crippen LogP contribution < -0.4 is 15.0 Å². The van der Waals surface area contributed by atoms with E-state index in [1.54, 1.807) is 0 Å². The molecule has 2 aliphatic rings. The van der Waals surface area contributed by atoms with E-state index in [1.165, 1.54) is 5.56 Å². The Balaban J connectivity index is 1.52. The molecule has 0 saturated heterocycles. The van der Waals surface area contributed by atoms with Crippen LogP contribution in [0.3, 0.4) is 0 Å². The average molecular weight is 491 g/mol. The van der Waals surface area contributed by atoms with E-state index in [2.05, 4.69) is 60.5 Å². The van der Waals surface area contributed by atoms with Crippen LogP contribution in [0.4, 0.5) is 17.1 Å². The summed E-state index contributed by atoms with van der Waals surface area (Å²) in [5, 5.41) is 3.50. The van der Waals surface area contributed by atoms with Crippen LogP contribution in [0.1, 0.15) is 52.0 Å². The Morgan fingerprint density at radius 3 is 2.27 bits per heavy atom. The van der Waals surface area contributed by atoms with Crippen LogP contribution in [-0.4, -0.2) is 20.1 Å². The van der Waals surface area contributed by atoms with Gasteiger partial charge in [0.15, 0.2) is 5.60 Å². The van der Waals surface area contributed by atoms with Gasteiger partial charge < -0.3 is 19.7 Å². The Bertz CT molecular complexity index is 1520. The predicted octanol–water partition coefficient (Wildman–Crippen LogP) is 7.19. The number of benzene rings is 4. The van der Waals surface area contributed by atoms with Crippen molar-refractivity contribution in [1.82, 2.24) is 0 Å². The maximum Gasteiger partial charge on any atom is 0.340 e. The highest BCUT2D eigenvalue weighted by Gasteiger charge is 2.53. The van der Waals surface area contributed by atoms with E-state index in [1.807, 2.05) is 56.6 Å². The highest BCUT2D eigenvalue weighted by atomic mass is 16.6. The van der Waals surface area contributed by atoms with Crippen LogP contribution in [0.2, 0.25) is 0 Å². The number of hydrogen-bond donors (Lipinski definition) is 1. The van der Waals surface area contributed by atoms with Crippen LogP contribution in [0, 0.1) is 0 Å². The topological polar surface area (TPSA) is 50.8 Å². The molecule has 0 radical (unpaired) electrons. The van der Waals surface area contributed by atoms with E-state index < -0.39 is 5.60 Å². The van der Waals surface area contributed by atoms with Gasteiger partial charge in [0.05, 0.1) is 5.56 Å². The zero-order valence-corrected chi connectivity index (χ0v) is 21.6. The number of nitrogens with one attached hydrogen (secondary N) is 1. The number of ether oxygens (including phenoxy) is 2. The summed E-state index contributed by atoms with van der Waals surface area (Å²) in [6.07, 6.45) is 1.73. The minimum absolute atomic E-state index is 0.310. The Hall–Kier alpha value is -4.25. The van der Waals surface area contributed by atoms with Crippen molar-refractivity contribution >= 4 is 23.0 Å². The maximum atomic E-state index is 13.1. The van der Waals surface area contributed by atoms with Gasteiger partial charge in [0, 0.05) is 53.9 Å². The van der Waals surface area contributed by atoms with E-state index in [0.717, 1.165) is 57.9 Å². The highest BCUT2D eigenvalue weighted by molar-refractivity contribution is 5.97. The Labute approximate surface area is 217 Å². The summed E-state index contributed by atoms with van der Waals surface area (Å²) >= 11 is 0. The first-order chi connectivity index (χ1) is 18.0. The summed E-state index contributed by atoms with van der Waals surface area (Å²) < 4.78 is 13.0. The molecule has 2 aliphatic heterocycles. The van der Waals surface area contributed by atoms with Crippen molar-refractivity contribution in [1.29, 1.82) is 0 Å². The van der Waals surface area contributed by atoms with Gasteiger partial charge >= 0.3 is 5.97 Å². The lowest BCUT2D eigenvalue weighted by molar-refractivity contribution is 0.0224. The molecule has 0 fully saturated rings. The monoisotopic (exact) mass is 490 g/mol. The molecular weight excluding hydrogens is 460 g/mol. The smallest absolute Gasteiger partial charge is 0.340 e. The van der Waals surface area contributed by atoms with Crippen molar-refractivity contribution in [2.75, 3.05) is 24.3 Å². The number of anilines is 3. The molecule has 0 aliphatic carbocycles. The predicted molar refractivity (Wildman–Crippen MR) is 148 cm³/mol. The number of hydrogen-bond acceptors (Lipinski definition) is 5. The number of aryl methyl sites for hydroxylation is 1. The number of esters is 1. The van der Waals surface area contributed by atoms with Crippen LogP contribution in [-0.2, 0) is 23.2 Å². The molecule has 2 heterocycles. The molecule has 4 aromatic rings. The molecule has 37 heavy (non-hydrogen) atoms. The molecular formula is C32H30N2O3. The van der Waals surface area contributed by atoms with Gasteiger partial charge in [-0.15, -0.1) is 0 Å². The molecule has 1 N–H and O–H groups in total. The third-order valence-electron chi connectivity index (χ3n) is 7.49. The van der Waals surface area contributed by atoms with E-state index >= 15 is 0 Å². The van der Waals surface area contributed by atoms with E-state index in [0.29, 0.717) is 11.3 Å². The molecule has 0 aromatic heterocycles. The number of nitrogens with zero attached hydrogens (tertiary/aromatic N) is 1. The minimum Gasteiger partial charge on any atom is -0.456 e. The van der Waals surface area contributed by atoms with Crippen LogP contribution in [0.25, 0.3) is 0 Å². The second kappa shape index (κ2) is 8.70. The van der Waals surface area contributed by atoms with Gasteiger partial charge in [-0.2, -0.15) is 0 Å². The van der Waals surface area contributed by atoms with Crippen LogP contribution in [0.5, 0.6) is 11.5 Å². The summed E-state index contributed by atoms with van der Waals surface area (Å²) in [6.45, 7) is 4.30.